The monoisotopic (exact) mass is 551 g/mol. The van der Waals surface area contributed by atoms with Crippen LogP contribution in [0.15, 0.2) is 65.6 Å². The summed E-state index contributed by atoms with van der Waals surface area (Å²) in [4.78, 5) is 12.6. The summed E-state index contributed by atoms with van der Waals surface area (Å²) >= 11 is 6.11. The SMILES string of the molecule is COc1ccc(N(CC(=O)Nc2ccc(S(=O)(=O)Nc3ccc(C)cc3C)cc2)S(C)(=O)=O)cc1Cl. The second-order valence-corrected chi connectivity index (χ2v) is 12.1. The standard InChI is InChI=1S/C24H26ClN3O6S2/c1-16-5-11-22(17(2)13-16)27-36(32,33)20-9-6-18(7-10-20)26-24(29)15-28(35(4,30)31)19-8-12-23(34-3)21(25)14-19/h5-14,27H,15H2,1-4H3,(H,26,29). The van der Waals surface area contributed by atoms with Crippen molar-refractivity contribution >= 4 is 54.6 Å². The highest BCUT2D eigenvalue weighted by Gasteiger charge is 2.22. The molecule has 0 bridgehead atoms. The fraction of sp³-hybridized carbons (Fsp3) is 0.208. The molecule has 3 aromatic carbocycles. The van der Waals surface area contributed by atoms with E-state index in [0.717, 1.165) is 21.7 Å². The van der Waals surface area contributed by atoms with Gasteiger partial charge in [0.2, 0.25) is 15.9 Å². The fourth-order valence-electron chi connectivity index (χ4n) is 3.39. The Morgan fingerprint density at radius 3 is 2.19 bits per heavy atom. The molecule has 0 saturated heterocycles. The van der Waals surface area contributed by atoms with E-state index in [0.29, 0.717) is 17.1 Å². The largest absolute Gasteiger partial charge is 0.495 e. The smallest absolute Gasteiger partial charge is 0.261 e. The first-order valence-electron chi connectivity index (χ1n) is 10.6. The lowest BCUT2D eigenvalue weighted by atomic mass is 10.1. The normalized spacial score (nSPS) is 11.6. The van der Waals surface area contributed by atoms with Crippen molar-refractivity contribution in [3.05, 3.63) is 76.8 Å². The maximum atomic E-state index is 12.8. The highest BCUT2D eigenvalue weighted by molar-refractivity contribution is 7.92. The van der Waals surface area contributed by atoms with Crippen LogP contribution in [-0.2, 0) is 24.8 Å². The number of aryl methyl sites for hydroxylation is 2. The second-order valence-electron chi connectivity index (χ2n) is 8.08. The Balaban J connectivity index is 1.73. The minimum absolute atomic E-state index is 0.00566. The molecule has 0 aliphatic heterocycles. The van der Waals surface area contributed by atoms with Gasteiger partial charge in [-0.2, -0.15) is 0 Å². The Hall–Kier alpha value is -3.28. The lowest BCUT2D eigenvalue weighted by molar-refractivity contribution is -0.114. The quantitative estimate of drug-likeness (QED) is 0.411. The van der Waals surface area contributed by atoms with E-state index in [1.807, 2.05) is 26.0 Å². The Bertz CT molecular complexity index is 1490. The third-order valence-corrected chi connectivity index (χ3v) is 8.00. The highest BCUT2D eigenvalue weighted by atomic mass is 35.5. The molecule has 0 aliphatic rings. The predicted molar refractivity (Wildman–Crippen MR) is 142 cm³/mol. The van der Waals surface area contributed by atoms with E-state index in [1.54, 1.807) is 6.07 Å². The zero-order valence-corrected chi connectivity index (χ0v) is 22.5. The number of carbonyl (C=O) groups excluding carboxylic acids is 1. The molecule has 0 fully saturated rings. The van der Waals surface area contributed by atoms with E-state index in [4.69, 9.17) is 16.3 Å². The van der Waals surface area contributed by atoms with Crippen molar-refractivity contribution in [2.24, 2.45) is 0 Å². The van der Waals surface area contributed by atoms with E-state index < -0.39 is 32.5 Å². The number of rotatable bonds is 9. The fourth-order valence-corrected chi connectivity index (χ4v) is 5.62. The molecule has 0 aromatic heterocycles. The Morgan fingerprint density at radius 1 is 0.972 bits per heavy atom. The average Bonchev–Trinajstić information content (AvgIpc) is 2.79. The number of halogens is 1. The van der Waals surface area contributed by atoms with E-state index >= 15 is 0 Å². The molecular formula is C24H26ClN3O6S2. The summed E-state index contributed by atoms with van der Waals surface area (Å²) < 4.78 is 58.7. The van der Waals surface area contributed by atoms with Gasteiger partial charge in [0, 0.05) is 5.69 Å². The maximum Gasteiger partial charge on any atom is 0.261 e. The molecule has 1 amide bonds. The summed E-state index contributed by atoms with van der Waals surface area (Å²) in [5, 5.41) is 2.77. The zero-order valence-electron chi connectivity index (χ0n) is 20.1. The number of nitrogens with zero attached hydrogens (tertiary/aromatic N) is 1. The number of carbonyl (C=O) groups is 1. The van der Waals surface area contributed by atoms with Gasteiger partial charge in [-0.25, -0.2) is 16.8 Å². The average molecular weight is 552 g/mol. The molecule has 192 valence electrons. The summed E-state index contributed by atoms with van der Waals surface area (Å²) in [5.74, 6) is -0.267. The number of sulfonamides is 2. The van der Waals surface area contributed by atoms with Gasteiger partial charge in [-0.05, 0) is 67.9 Å². The number of hydrogen-bond donors (Lipinski definition) is 2. The van der Waals surface area contributed by atoms with Crippen LogP contribution in [0.1, 0.15) is 11.1 Å². The van der Waals surface area contributed by atoms with Gasteiger partial charge in [0.15, 0.2) is 0 Å². The lowest BCUT2D eigenvalue weighted by Crippen LogP contribution is -2.37. The molecule has 0 atom stereocenters. The molecule has 0 aliphatic carbocycles. The van der Waals surface area contributed by atoms with Crippen LogP contribution in [0.4, 0.5) is 17.1 Å². The van der Waals surface area contributed by atoms with Crippen molar-refractivity contribution in [2.75, 3.05) is 34.3 Å². The van der Waals surface area contributed by atoms with Crippen LogP contribution in [-0.4, -0.2) is 42.7 Å². The van der Waals surface area contributed by atoms with E-state index in [9.17, 15) is 21.6 Å². The van der Waals surface area contributed by atoms with Crippen molar-refractivity contribution in [1.29, 1.82) is 0 Å². The van der Waals surface area contributed by atoms with Gasteiger partial charge in [-0.3, -0.25) is 13.8 Å². The van der Waals surface area contributed by atoms with Gasteiger partial charge >= 0.3 is 0 Å². The van der Waals surface area contributed by atoms with Gasteiger partial charge in [-0.15, -0.1) is 0 Å². The summed E-state index contributed by atoms with van der Waals surface area (Å²) in [6.07, 6.45) is 0.973. The summed E-state index contributed by atoms with van der Waals surface area (Å²) in [6.45, 7) is 3.21. The second kappa shape index (κ2) is 10.8. The molecule has 0 spiro atoms. The van der Waals surface area contributed by atoms with Gasteiger partial charge in [0.05, 0.1) is 34.7 Å². The van der Waals surface area contributed by atoms with E-state index in [2.05, 4.69) is 10.0 Å². The van der Waals surface area contributed by atoms with E-state index in [-0.39, 0.29) is 15.6 Å². The van der Waals surface area contributed by atoms with Crippen LogP contribution in [0.25, 0.3) is 0 Å². The Kier molecular flexibility index (Phi) is 8.17. The molecule has 36 heavy (non-hydrogen) atoms. The minimum atomic E-state index is -3.85. The molecular weight excluding hydrogens is 526 g/mol. The number of anilines is 3. The number of hydrogen-bond acceptors (Lipinski definition) is 6. The van der Waals surface area contributed by atoms with Crippen molar-refractivity contribution in [2.45, 2.75) is 18.7 Å². The van der Waals surface area contributed by atoms with Crippen LogP contribution in [0, 0.1) is 13.8 Å². The molecule has 3 aromatic rings. The van der Waals surface area contributed by atoms with Crippen LogP contribution in [0.3, 0.4) is 0 Å². The molecule has 0 radical (unpaired) electrons. The summed E-state index contributed by atoms with van der Waals surface area (Å²) in [5.41, 5.74) is 2.76. The summed E-state index contributed by atoms with van der Waals surface area (Å²) in [6, 6.07) is 15.3. The number of benzene rings is 3. The number of nitrogens with one attached hydrogen (secondary N) is 2. The van der Waals surface area contributed by atoms with Gasteiger partial charge in [-0.1, -0.05) is 29.3 Å². The minimum Gasteiger partial charge on any atom is -0.495 e. The highest BCUT2D eigenvalue weighted by Crippen LogP contribution is 2.30. The molecule has 0 heterocycles. The number of amides is 1. The van der Waals surface area contributed by atoms with Crippen LogP contribution < -0.4 is 19.1 Å². The lowest BCUT2D eigenvalue weighted by Gasteiger charge is -2.22. The van der Waals surface area contributed by atoms with Crippen molar-refractivity contribution < 1.29 is 26.4 Å². The zero-order chi connectivity index (χ0) is 26.7. The van der Waals surface area contributed by atoms with Gasteiger partial charge in [0.1, 0.15) is 12.3 Å². The predicted octanol–water partition coefficient (Wildman–Crippen LogP) is 4.17. The third kappa shape index (κ3) is 6.68. The van der Waals surface area contributed by atoms with Crippen molar-refractivity contribution in [1.82, 2.24) is 0 Å². The van der Waals surface area contributed by atoms with Crippen LogP contribution in [0.2, 0.25) is 5.02 Å². The molecule has 12 heteroatoms. The number of methoxy groups -OCH3 is 1. The van der Waals surface area contributed by atoms with E-state index in [1.165, 1.54) is 49.6 Å². The molecule has 0 unspecified atom stereocenters. The maximum absolute atomic E-state index is 12.8. The Morgan fingerprint density at radius 2 is 1.64 bits per heavy atom. The summed E-state index contributed by atoms with van der Waals surface area (Å²) in [7, 11) is -6.24. The van der Waals surface area contributed by atoms with Gasteiger partial charge in [0.25, 0.3) is 10.0 Å². The third-order valence-electron chi connectivity index (χ3n) is 5.19. The molecule has 2 N–H and O–H groups in total. The Labute approximate surface area is 216 Å². The molecule has 9 nitrogen and oxygen atoms in total. The molecule has 3 rings (SSSR count). The molecule has 0 saturated carbocycles. The van der Waals surface area contributed by atoms with Crippen molar-refractivity contribution in [3.63, 3.8) is 0 Å². The van der Waals surface area contributed by atoms with Crippen LogP contribution in [0.5, 0.6) is 5.75 Å². The van der Waals surface area contributed by atoms with Crippen LogP contribution >= 0.6 is 11.6 Å². The first kappa shape index (κ1) is 27.3. The first-order chi connectivity index (χ1) is 16.8. The number of ether oxygens (including phenoxy) is 1. The van der Waals surface area contributed by atoms with Crippen molar-refractivity contribution in [3.8, 4) is 5.75 Å². The first-order valence-corrected chi connectivity index (χ1v) is 14.3. The topological polar surface area (TPSA) is 122 Å². The van der Waals surface area contributed by atoms with Gasteiger partial charge < -0.3 is 10.1 Å².